The summed E-state index contributed by atoms with van der Waals surface area (Å²) in [6, 6.07) is -0.621. The Kier molecular flexibility index (Phi) is 37.2. The molecule has 2 atom stereocenters. The number of ether oxygens (including phenoxy) is 3. The van der Waals surface area contributed by atoms with E-state index in [0.29, 0.717) is 19.3 Å². The third-order valence-electron chi connectivity index (χ3n) is 9.96. The van der Waals surface area contributed by atoms with Crippen molar-refractivity contribution in [1.29, 1.82) is 0 Å². The first-order chi connectivity index (χ1) is 27.1. The van der Waals surface area contributed by atoms with Crippen molar-refractivity contribution >= 4 is 17.9 Å². The minimum Gasteiger partial charge on any atom is -0.477 e. The molecule has 0 saturated heterocycles. The summed E-state index contributed by atoms with van der Waals surface area (Å²) >= 11 is 0. The average Bonchev–Trinajstić information content (AvgIpc) is 3.15. The van der Waals surface area contributed by atoms with Crippen molar-refractivity contribution in [1.82, 2.24) is 0 Å². The number of nitrogens with zero attached hydrogens (tertiary/aromatic N) is 1. The Morgan fingerprint density at radius 2 is 1.00 bits per heavy atom. The van der Waals surface area contributed by atoms with E-state index in [4.69, 9.17) is 14.2 Å². The summed E-state index contributed by atoms with van der Waals surface area (Å²) in [7, 11) is 5.51. The van der Waals surface area contributed by atoms with E-state index in [-0.39, 0.29) is 36.2 Å². The maximum Gasteiger partial charge on any atom is 0.362 e. The highest BCUT2D eigenvalue weighted by molar-refractivity contribution is 5.72. The van der Waals surface area contributed by atoms with Crippen LogP contribution in [-0.4, -0.2) is 80.6 Å². The summed E-state index contributed by atoms with van der Waals surface area (Å²) in [5.74, 6) is -1.53. The highest BCUT2D eigenvalue weighted by atomic mass is 16.6. The maximum atomic E-state index is 12.7. The fourth-order valence-electron chi connectivity index (χ4n) is 6.45. The number of carbonyl (C=O) groups is 3. The van der Waals surface area contributed by atoms with Gasteiger partial charge in [0.15, 0.2) is 12.1 Å². The minimum absolute atomic E-state index is 0.0467. The third-order valence-corrected chi connectivity index (χ3v) is 9.96. The number of quaternary nitrogens is 1. The van der Waals surface area contributed by atoms with Gasteiger partial charge in [-0.25, -0.2) is 4.79 Å². The lowest BCUT2D eigenvalue weighted by atomic mass is 10.1. The summed E-state index contributed by atoms with van der Waals surface area (Å²) in [5, 5.41) is 9.60. The first kappa shape index (κ1) is 53.3. The number of esters is 2. The van der Waals surface area contributed by atoms with E-state index in [1.165, 1.54) is 89.9 Å². The standard InChI is InChI=1S/C48H85NO7/c1-6-8-10-12-14-16-17-18-19-20-21-22-23-24-25-26-27-28-29-31-33-35-37-39-47(51)56-44(42-54-41-40-45(48(52)53)49(3,4)5)43-55-46(50)38-36-34-32-30-15-13-11-9-7-2/h9,11,15,21-22,24-25,30,44-45H,6-8,10,12-14,16-20,23,26-29,31-43H2,1-5H3/p+1/b11-9+,22-21+,25-24+,30-15+. The van der Waals surface area contributed by atoms with Crippen molar-refractivity contribution in [3.05, 3.63) is 48.6 Å². The Hall–Kier alpha value is -2.71. The number of likely N-dealkylation sites (N-methyl/N-ethyl adjacent to an activating group) is 1. The molecule has 0 rings (SSSR count). The predicted octanol–water partition coefficient (Wildman–Crippen LogP) is 12.4. The van der Waals surface area contributed by atoms with Gasteiger partial charge in [-0.2, -0.15) is 0 Å². The van der Waals surface area contributed by atoms with Crippen LogP contribution in [0.4, 0.5) is 0 Å². The molecule has 0 aromatic rings. The zero-order valence-electron chi connectivity index (χ0n) is 36.8. The summed E-state index contributed by atoms with van der Waals surface area (Å²) < 4.78 is 17.2. The van der Waals surface area contributed by atoms with Crippen LogP contribution in [0.25, 0.3) is 0 Å². The average molecular weight is 789 g/mol. The molecule has 56 heavy (non-hydrogen) atoms. The first-order valence-electron chi connectivity index (χ1n) is 22.7. The number of aliphatic carboxylic acids is 1. The van der Waals surface area contributed by atoms with Crippen molar-refractivity contribution < 1.29 is 38.2 Å². The number of carbonyl (C=O) groups excluding carboxylic acids is 2. The summed E-state index contributed by atoms with van der Waals surface area (Å²) in [5.41, 5.74) is 0. The molecule has 0 fully saturated rings. The predicted molar refractivity (Wildman–Crippen MR) is 234 cm³/mol. The first-order valence-corrected chi connectivity index (χ1v) is 22.7. The van der Waals surface area contributed by atoms with E-state index in [9.17, 15) is 19.5 Å². The molecular formula is C48H86NO7+. The van der Waals surface area contributed by atoms with Gasteiger partial charge in [0.2, 0.25) is 0 Å². The molecule has 0 amide bonds. The van der Waals surface area contributed by atoms with Crippen LogP contribution in [0.5, 0.6) is 0 Å². The van der Waals surface area contributed by atoms with Gasteiger partial charge in [-0.05, 0) is 70.6 Å². The number of carboxylic acid groups (broad SMARTS) is 1. The Labute approximate surface area is 344 Å². The van der Waals surface area contributed by atoms with Crippen molar-refractivity contribution in [2.45, 2.75) is 199 Å². The Balaban J connectivity index is 4.24. The molecule has 0 aliphatic carbocycles. The number of hydrogen-bond donors (Lipinski definition) is 1. The molecule has 0 aromatic heterocycles. The minimum atomic E-state index is -0.882. The lowest BCUT2D eigenvalue weighted by molar-refractivity contribution is -0.887. The molecule has 8 nitrogen and oxygen atoms in total. The second kappa shape index (κ2) is 39.1. The third kappa shape index (κ3) is 36.9. The second-order valence-electron chi connectivity index (χ2n) is 16.3. The highest BCUT2D eigenvalue weighted by Crippen LogP contribution is 2.14. The lowest BCUT2D eigenvalue weighted by Crippen LogP contribution is -2.50. The van der Waals surface area contributed by atoms with Crippen LogP contribution in [0.15, 0.2) is 48.6 Å². The monoisotopic (exact) mass is 789 g/mol. The van der Waals surface area contributed by atoms with Crippen LogP contribution in [0.3, 0.4) is 0 Å². The Bertz CT molecular complexity index is 1060. The molecule has 324 valence electrons. The smallest absolute Gasteiger partial charge is 0.362 e. The van der Waals surface area contributed by atoms with Gasteiger partial charge in [0.25, 0.3) is 0 Å². The topological polar surface area (TPSA) is 99.1 Å². The van der Waals surface area contributed by atoms with Gasteiger partial charge in [-0.1, -0.05) is 146 Å². The number of rotatable bonds is 40. The van der Waals surface area contributed by atoms with Crippen LogP contribution in [0, 0.1) is 0 Å². The molecule has 0 saturated carbocycles. The quantitative estimate of drug-likeness (QED) is 0.0286. The van der Waals surface area contributed by atoms with Crippen LogP contribution < -0.4 is 0 Å². The van der Waals surface area contributed by atoms with Gasteiger partial charge < -0.3 is 23.8 Å². The fraction of sp³-hybridized carbons (Fsp3) is 0.771. The van der Waals surface area contributed by atoms with Crippen LogP contribution in [0.1, 0.15) is 187 Å². The van der Waals surface area contributed by atoms with E-state index in [1.807, 2.05) is 21.1 Å². The van der Waals surface area contributed by atoms with Crippen molar-refractivity contribution in [3.8, 4) is 0 Å². The van der Waals surface area contributed by atoms with E-state index >= 15 is 0 Å². The van der Waals surface area contributed by atoms with Gasteiger partial charge in [-0.15, -0.1) is 0 Å². The van der Waals surface area contributed by atoms with Crippen molar-refractivity contribution in [2.75, 3.05) is 41.0 Å². The molecule has 2 unspecified atom stereocenters. The SMILES string of the molecule is CC/C=C/C/C=C/CCCCC(=O)OCC(COCCC(C(=O)O)[N+](C)(C)C)OC(=O)CCCCCCCCC/C=C/C/C=C/CCCCCCCCCCC. The Morgan fingerprint density at radius 1 is 0.554 bits per heavy atom. The van der Waals surface area contributed by atoms with E-state index in [1.54, 1.807) is 0 Å². The van der Waals surface area contributed by atoms with Crippen molar-refractivity contribution in [2.24, 2.45) is 0 Å². The molecule has 0 aromatic carbocycles. The van der Waals surface area contributed by atoms with Gasteiger partial charge >= 0.3 is 17.9 Å². The lowest BCUT2D eigenvalue weighted by Gasteiger charge is -2.31. The summed E-state index contributed by atoms with van der Waals surface area (Å²) in [4.78, 5) is 36.9. The number of allylic oxidation sites excluding steroid dienone is 8. The summed E-state index contributed by atoms with van der Waals surface area (Å²) in [6.07, 6.45) is 46.1. The molecular weight excluding hydrogens is 703 g/mol. The number of unbranched alkanes of at least 4 members (excludes halogenated alkanes) is 18. The zero-order chi connectivity index (χ0) is 41.4. The van der Waals surface area contributed by atoms with E-state index < -0.39 is 18.1 Å². The van der Waals surface area contributed by atoms with Gasteiger partial charge in [0, 0.05) is 19.3 Å². The van der Waals surface area contributed by atoms with Gasteiger partial charge in [0.05, 0.1) is 34.4 Å². The number of carboxylic acids is 1. The normalized spacial score (nSPS) is 13.4. The van der Waals surface area contributed by atoms with Crippen LogP contribution >= 0.6 is 0 Å². The number of hydrogen-bond acceptors (Lipinski definition) is 6. The van der Waals surface area contributed by atoms with Gasteiger partial charge in [0.1, 0.15) is 6.61 Å². The molecule has 0 heterocycles. The molecule has 0 aliphatic heterocycles. The van der Waals surface area contributed by atoms with Crippen LogP contribution in [-0.2, 0) is 28.6 Å². The zero-order valence-corrected chi connectivity index (χ0v) is 36.8. The Morgan fingerprint density at radius 3 is 1.50 bits per heavy atom. The molecule has 0 bridgehead atoms. The second-order valence-corrected chi connectivity index (χ2v) is 16.3. The largest absolute Gasteiger partial charge is 0.477 e. The maximum absolute atomic E-state index is 12.7. The fourth-order valence-corrected chi connectivity index (χ4v) is 6.45. The highest BCUT2D eigenvalue weighted by Gasteiger charge is 2.31. The van der Waals surface area contributed by atoms with Gasteiger partial charge in [-0.3, -0.25) is 9.59 Å². The molecule has 1 N–H and O–H groups in total. The van der Waals surface area contributed by atoms with E-state index in [0.717, 1.165) is 64.2 Å². The van der Waals surface area contributed by atoms with Crippen LogP contribution in [0.2, 0.25) is 0 Å². The summed E-state index contributed by atoms with van der Waals surface area (Å²) in [6.45, 7) is 4.56. The van der Waals surface area contributed by atoms with Crippen molar-refractivity contribution in [3.63, 3.8) is 0 Å². The van der Waals surface area contributed by atoms with E-state index in [2.05, 4.69) is 62.5 Å². The molecule has 8 heteroatoms. The molecule has 0 spiro atoms. The molecule has 0 radical (unpaired) electrons. The molecule has 0 aliphatic rings.